The van der Waals surface area contributed by atoms with Crippen LogP contribution in [0.2, 0.25) is 0 Å². The van der Waals surface area contributed by atoms with Crippen LogP contribution in [-0.2, 0) is 0 Å². The van der Waals surface area contributed by atoms with Crippen LogP contribution in [-0.4, -0.2) is 4.57 Å². The molecule has 0 aliphatic carbocycles. The van der Waals surface area contributed by atoms with E-state index < -0.39 is 0 Å². The van der Waals surface area contributed by atoms with Gasteiger partial charge in [0.25, 0.3) is 0 Å². The van der Waals surface area contributed by atoms with E-state index in [0.717, 1.165) is 22.7 Å². The SMILES string of the molecule is C/C=C/c1ccc(N(c2ccccc2)c2cccc(-c3cccc(-c4ccc5c(c4)c4ccccc4n5-c4ccc(-c5ccccc5)cc4-c4ccccc4)c3)c2)cc1. The van der Waals surface area contributed by atoms with Gasteiger partial charge in [0.2, 0.25) is 0 Å². The lowest BCUT2D eigenvalue weighted by atomic mass is 9.97. The molecule has 0 aliphatic rings. The molecule has 0 radical (unpaired) electrons. The first-order valence-electron chi connectivity index (χ1n) is 20.3. The van der Waals surface area contributed by atoms with Crippen LogP contribution >= 0.6 is 0 Å². The summed E-state index contributed by atoms with van der Waals surface area (Å²) in [7, 11) is 0. The van der Waals surface area contributed by atoms with Gasteiger partial charge in [0.15, 0.2) is 0 Å². The second kappa shape index (κ2) is 15.7. The first kappa shape index (κ1) is 35.7. The molecule has 10 rings (SSSR count). The van der Waals surface area contributed by atoms with E-state index in [2.05, 4.69) is 253 Å². The van der Waals surface area contributed by atoms with Crippen LogP contribution in [0.15, 0.2) is 231 Å². The van der Waals surface area contributed by atoms with Crippen molar-refractivity contribution in [3.8, 4) is 50.2 Å². The molecule has 2 heteroatoms. The van der Waals surface area contributed by atoms with Crippen LogP contribution in [0.4, 0.5) is 17.1 Å². The standard InChI is InChI=1S/C57H42N2/c1-2-16-41-29-33-50(34-30-41)58(49-24-10-5-11-25-49)51-26-15-23-46(38-51)44-21-14-22-45(37-44)48-32-36-57-54(40-48)52-27-12-13-28-55(52)59(57)56-35-31-47(42-17-6-3-7-18-42)39-53(56)43-19-8-4-9-20-43/h2-40H,1H3/b16-2+. The quantitative estimate of drug-likeness (QED) is 0.142. The van der Waals surface area contributed by atoms with E-state index in [1.54, 1.807) is 0 Å². The maximum Gasteiger partial charge on any atom is 0.0541 e. The molecule has 59 heavy (non-hydrogen) atoms. The Bertz CT molecular complexity index is 3090. The highest BCUT2D eigenvalue weighted by Crippen LogP contribution is 2.41. The summed E-state index contributed by atoms with van der Waals surface area (Å²) < 4.78 is 2.44. The number of nitrogens with zero attached hydrogens (tertiary/aromatic N) is 2. The van der Waals surface area contributed by atoms with Gasteiger partial charge in [-0.15, -0.1) is 0 Å². The summed E-state index contributed by atoms with van der Waals surface area (Å²) in [5, 5.41) is 2.47. The Labute approximate surface area is 346 Å². The van der Waals surface area contributed by atoms with Crippen molar-refractivity contribution in [1.82, 2.24) is 4.57 Å². The highest BCUT2D eigenvalue weighted by molar-refractivity contribution is 6.11. The van der Waals surface area contributed by atoms with Gasteiger partial charge in [-0.1, -0.05) is 164 Å². The molecule has 280 valence electrons. The van der Waals surface area contributed by atoms with Crippen LogP contribution in [0.5, 0.6) is 0 Å². The van der Waals surface area contributed by atoms with Crippen LogP contribution in [0, 0.1) is 0 Å². The Kier molecular flexibility index (Phi) is 9.50. The molecule has 0 atom stereocenters. The van der Waals surface area contributed by atoms with Gasteiger partial charge in [-0.25, -0.2) is 0 Å². The van der Waals surface area contributed by atoms with E-state index in [9.17, 15) is 0 Å². The van der Waals surface area contributed by atoms with Gasteiger partial charge < -0.3 is 9.47 Å². The summed E-state index contributed by atoms with van der Waals surface area (Å²) in [5.41, 5.74) is 17.6. The third-order valence-corrected chi connectivity index (χ3v) is 11.3. The van der Waals surface area contributed by atoms with Crippen molar-refractivity contribution in [2.24, 2.45) is 0 Å². The van der Waals surface area contributed by atoms with Gasteiger partial charge in [0.05, 0.1) is 16.7 Å². The summed E-state index contributed by atoms with van der Waals surface area (Å²) in [6, 6.07) is 81.3. The van der Waals surface area contributed by atoms with Gasteiger partial charge >= 0.3 is 0 Å². The highest BCUT2D eigenvalue weighted by atomic mass is 15.1. The Morgan fingerprint density at radius 2 is 0.881 bits per heavy atom. The number of hydrogen-bond donors (Lipinski definition) is 0. The fourth-order valence-corrected chi connectivity index (χ4v) is 8.46. The minimum Gasteiger partial charge on any atom is -0.310 e. The molecule has 0 amide bonds. The van der Waals surface area contributed by atoms with Gasteiger partial charge in [-0.3, -0.25) is 0 Å². The average Bonchev–Trinajstić information content (AvgIpc) is 3.64. The molecule has 10 aromatic rings. The summed E-state index contributed by atoms with van der Waals surface area (Å²) in [5.74, 6) is 0. The number of fused-ring (bicyclic) bond motifs is 3. The van der Waals surface area contributed by atoms with Gasteiger partial charge in [-0.05, 0) is 124 Å². The van der Waals surface area contributed by atoms with Crippen molar-refractivity contribution in [2.45, 2.75) is 6.92 Å². The molecule has 9 aromatic carbocycles. The monoisotopic (exact) mass is 754 g/mol. The van der Waals surface area contributed by atoms with Gasteiger partial charge in [0, 0.05) is 33.4 Å². The lowest BCUT2D eigenvalue weighted by Gasteiger charge is -2.26. The molecule has 0 unspecified atom stereocenters. The molecule has 1 aromatic heterocycles. The van der Waals surface area contributed by atoms with Crippen LogP contribution in [0.1, 0.15) is 12.5 Å². The van der Waals surface area contributed by atoms with Crippen molar-refractivity contribution < 1.29 is 0 Å². The zero-order chi connectivity index (χ0) is 39.5. The number of hydrogen-bond acceptors (Lipinski definition) is 1. The fourth-order valence-electron chi connectivity index (χ4n) is 8.46. The number of anilines is 3. The molecular formula is C57H42N2. The molecule has 1 heterocycles. The minimum atomic E-state index is 1.11. The third-order valence-electron chi connectivity index (χ3n) is 11.3. The topological polar surface area (TPSA) is 8.17 Å². The predicted octanol–water partition coefficient (Wildman–Crippen LogP) is 16.0. The van der Waals surface area contributed by atoms with Crippen LogP contribution in [0.25, 0.3) is 78.1 Å². The number of aromatic nitrogens is 1. The van der Waals surface area contributed by atoms with Crippen molar-refractivity contribution in [2.75, 3.05) is 4.90 Å². The molecular weight excluding hydrogens is 713 g/mol. The molecule has 0 bridgehead atoms. The first-order valence-corrected chi connectivity index (χ1v) is 20.3. The second-order valence-corrected chi connectivity index (χ2v) is 14.9. The van der Waals surface area contributed by atoms with Crippen LogP contribution < -0.4 is 4.90 Å². The second-order valence-electron chi connectivity index (χ2n) is 14.9. The lowest BCUT2D eigenvalue weighted by Crippen LogP contribution is -2.09. The zero-order valence-electron chi connectivity index (χ0n) is 32.9. The van der Waals surface area contributed by atoms with Crippen molar-refractivity contribution >= 4 is 44.9 Å². The average molecular weight is 755 g/mol. The van der Waals surface area contributed by atoms with E-state index in [1.807, 2.05) is 0 Å². The summed E-state index contributed by atoms with van der Waals surface area (Å²) >= 11 is 0. The van der Waals surface area contributed by atoms with Gasteiger partial charge in [0.1, 0.15) is 0 Å². The maximum absolute atomic E-state index is 2.44. The summed E-state index contributed by atoms with van der Waals surface area (Å²) in [6.07, 6.45) is 4.21. The third kappa shape index (κ3) is 6.92. The summed E-state index contributed by atoms with van der Waals surface area (Å²) in [4.78, 5) is 2.33. The molecule has 0 aliphatic heterocycles. The molecule has 0 N–H and O–H groups in total. The smallest absolute Gasteiger partial charge is 0.0541 e. The minimum absolute atomic E-state index is 1.11. The fraction of sp³-hybridized carbons (Fsp3) is 0.0175. The number of allylic oxidation sites excluding steroid dienone is 1. The van der Waals surface area contributed by atoms with E-state index >= 15 is 0 Å². The summed E-state index contributed by atoms with van der Waals surface area (Å²) in [6.45, 7) is 2.05. The van der Waals surface area contributed by atoms with E-state index in [4.69, 9.17) is 0 Å². The highest BCUT2D eigenvalue weighted by Gasteiger charge is 2.18. The maximum atomic E-state index is 2.44. The molecule has 0 saturated heterocycles. The molecule has 0 spiro atoms. The molecule has 2 nitrogen and oxygen atoms in total. The molecule has 0 fully saturated rings. The van der Waals surface area contributed by atoms with E-state index in [-0.39, 0.29) is 0 Å². The number of rotatable bonds is 9. The Hall–Kier alpha value is -7.68. The van der Waals surface area contributed by atoms with Crippen molar-refractivity contribution in [1.29, 1.82) is 0 Å². The Morgan fingerprint density at radius 3 is 1.61 bits per heavy atom. The van der Waals surface area contributed by atoms with Crippen molar-refractivity contribution in [3.63, 3.8) is 0 Å². The first-order chi connectivity index (χ1) is 29.2. The predicted molar refractivity (Wildman–Crippen MR) is 252 cm³/mol. The van der Waals surface area contributed by atoms with Crippen molar-refractivity contribution in [3.05, 3.63) is 236 Å². The number of benzene rings is 9. The lowest BCUT2D eigenvalue weighted by molar-refractivity contribution is 1.18. The number of para-hydroxylation sites is 2. The normalized spacial score (nSPS) is 11.4. The Balaban J connectivity index is 1.06. The largest absolute Gasteiger partial charge is 0.310 e. The van der Waals surface area contributed by atoms with Gasteiger partial charge in [-0.2, -0.15) is 0 Å². The van der Waals surface area contributed by atoms with Crippen LogP contribution in [0.3, 0.4) is 0 Å². The molecule has 0 saturated carbocycles. The van der Waals surface area contributed by atoms with E-state index in [1.165, 1.54) is 71.9 Å². The zero-order valence-corrected chi connectivity index (χ0v) is 32.9. The Morgan fingerprint density at radius 1 is 0.356 bits per heavy atom. The van der Waals surface area contributed by atoms with E-state index in [0.29, 0.717) is 0 Å².